The molecule has 106 valence electrons. The third-order valence-electron chi connectivity index (χ3n) is 2.89. The van der Waals surface area contributed by atoms with Crippen molar-refractivity contribution < 1.29 is 4.92 Å². The Bertz CT molecular complexity index is 426. The average molecular weight is 330 g/mol. The minimum absolute atomic E-state index is 0.0959. The average Bonchev–Trinajstić information content (AvgIpc) is 2.39. The molecule has 0 amide bonds. The number of hydrogen-bond acceptors (Lipinski definition) is 4. The highest BCUT2D eigenvalue weighted by Crippen LogP contribution is 2.26. The highest BCUT2D eigenvalue weighted by atomic mass is 79.9. The predicted molar refractivity (Wildman–Crippen MR) is 81.7 cm³/mol. The number of non-ortho nitro benzene ring substituents is 1. The van der Waals surface area contributed by atoms with E-state index >= 15 is 0 Å². The molecule has 0 aliphatic heterocycles. The van der Waals surface area contributed by atoms with Crippen LogP contribution in [0.3, 0.4) is 0 Å². The van der Waals surface area contributed by atoms with Crippen molar-refractivity contribution in [3.05, 3.63) is 32.8 Å². The lowest BCUT2D eigenvalue weighted by Gasteiger charge is -2.20. The minimum Gasteiger partial charge on any atom is -0.383 e. The Morgan fingerprint density at radius 2 is 2.11 bits per heavy atom. The van der Waals surface area contributed by atoms with Gasteiger partial charge in [-0.1, -0.05) is 13.8 Å². The number of anilines is 1. The Kier molecular flexibility index (Phi) is 6.80. The van der Waals surface area contributed by atoms with E-state index in [9.17, 15) is 10.1 Å². The first-order chi connectivity index (χ1) is 9.08. The second-order valence-corrected chi connectivity index (χ2v) is 5.14. The molecule has 0 radical (unpaired) electrons. The lowest BCUT2D eigenvalue weighted by atomic mass is 10.3. The summed E-state index contributed by atoms with van der Waals surface area (Å²) in [5, 5.41) is 13.9. The van der Waals surface area contributed by atoms with Crippen LogP contribution in [0.4, 0.5) is 11.4 Å². The van der Waals surface area contributed by atoms with Crippen LogP contribution in [-0.2, 0) is 0 Å². The first-order valence-electron chi connectivity index (χ1n) is 6.48. The van der Waals surface area contributed by atoms with Crippen LogP contribution in [0.2, 0.25) is 0 Å². The molecular formula is C13H20BrN3O2. The Balaban J connectivity index is 2.51. The molecule has 1 aromatic carbocycles. The summed E-state index contributed by atoms with van der Waals surface area (Å²) in [5.41, 5.74) is 0.983. The third-order valence-corrected chi connectivity index (χ3v) is 3.55. The van der Waals surface area contributed by atoms with Gasteiger partial charge in [-0.05, 0) is 41.5 Å². The van der Waals surface area contributed by atoms with Crippen molar-refractivity contribution >= 4 is 27.3 Å². The number of likely N-dealkylation sites (N-methyl/N-ethyl adjacent to an activating group) is 1. The largest absolute Gasteiger partial charge is 0.383 e. The summed E-state index contributed by atoms with van der Waals surface area (Å²) in [6, 6.07) is 4.76. The van der Waals surface area contributed by atoms with E-state index in [-0.39, 0.29) is 5.69 Å². The first-order valence-corrected chi connectivity index (χ1v) is 7.28. The molecular weight excluding hydrogens is 310 g/mol. The van der Waals surface area contributed by atoms with Gasteiger partial charge in [0.15, 0.2) is 0 Å². The van der Waals surface area contributed by atoms with Gasteiger partial charge in [-0.2, -0.15) is 0 Å². The van der Waals surface area contributed by atoms with Crippen LogP contribution >= 0.6 is 15.9 Å². The second kappa shape index (κ2) is 8.12. The van der Waals surface area contributed by atoms with Gasteiger partial charge in [0.05, 0.1) is 4.92 Å². The van der Waals surface area contributed by atoms with Crippen molar-refractivity contribution in [1.82, 2.24) is 4.90 Å². The summed E-state index contributed by atoms with van der Waals surface area (Å²) in [4.78, 5) is 12.6. The van der Waals surface area contributed by atoms with E-state index in [1.54, 1.807) is 6.07 Å². The first kappa shape index (κ1) is 15.9. The SMILES string of the molecule is CCCN(CC)CCNc1ccc([N+](=O)[O-])cc1Br. The van der Waals surface area contributed by atoms with Crippen LogP contribution < -0.4 is 5.32 Å². The van der Waals surface area contributed by atoms with Gasteiger partial charge in [0, 0.05) is 35.4 Å². The van der Waals surface area contributed by atoms with Gasteiger partial charge in [0.1, 0.15) is 0 Å². The monoisotopic (exact) mass is 329 g/mol. The van der Waals surface area contributed by atoms with E-state index in [1.807, 2.05) is 0 Å². The zero-order valence-corrected chi connectivity index (χ0v) is 12.9. The third kappa shape index (κ3) is 5.16. The zero-order chi connectivity index (χ0) is 14.3. The van der Waals surface area contributed by atoms with Crippen molar-refractivity contribution in [2.45, 2.75) is 20.3 Å². The van der Waals surface area contributed by atoms with Crippen LogP contribution in [0.15, 0.2) is 22.7 Å². The minimum atomic E-state index is -0.394. The Morgan fingerprint density at radius 3 is 2.63 bits per heavy atom. The van der Waals surface area contributed by atoms with Crippen LogP contribution in [0.5, 0.6) is 0 Å². The molecule has 1 aromatic rings. The number of nitrogens with zero attached hydrogens (tertiary/aromatic N) is 2. The van der Waals surface area contributed by atoms with Gasteiger partial charge in [0.25, 0.3) is 5.69 Å². The number of halogens is 1. The van der Waals surface area contributed by atoms with Crippen LogP contribution in [0.25, 0.3) is 0 Å². The molecule has 19 heavy (non-hydrogen) atoms. The van der Waals surface area contributed by atoms with Gasteiger partial charge in [0.2, 0.25) is 0 Å². The molecule has 0 unspecified atom stereocenters. The Morgan fingerprint density at radius 1 is 1.37 bits per heavy atom. The molecule has 0 fully saturated rings. The fourth-order valence-electron chi connectivity index (χ4n) is 1.85. The van der Waals surface area contributed by atoms with Crippen LogP contribution in [-0.4, -0.2) is 36.0 Å². The molecule has 1 rings (SSSR count). The van der Waals surface area contributed by atoms with Gasteiger partial charge in [-0.25, -0.2) is 0 Å². The van der Waals surface area contributed by atoms with Crippen molar-refractivity contribution in [2.75, 3.05) is 31.5 Å². The fraction of sp³-hybridized carbons (Fsp3) is 0.538. The fourth-order valence-corrected chi connectivity index (χ4v) is 2.36. The smallest absolute Gasteiger partial charge is 0.270 e. The number of nitro groups is 1. The van der Waals surface area contributed by atoms with Crippen LogP contribution in [0.1, 0.15) is 20.3 Å². The summed E-state index contributed by atoms with van der Waals surface area (Å²) in [6.45, 7) is 8.25. The molecule has 0 saturated heterocycles. The number of hydrogen-bond donors (Lipinski definition) is 1. The van der Waals surface area contributed by atoms with Crippen molar-refractivity contribution in [3.63, 3.8) is 0 Å². The van der Waals surface area contributed by atoms with E-state index < -0.39 is 4.92 Å². The van der Waals surface area contributed by atoms with Gasteiger partial charge in [-0.3, -0.25) is 10.1 Å². The molecule has 0 bridgehead atoms. The quantitative estimate of drug-likeness (QED) is 0.585. The number of benzene rings is 1. The predicted octanol–water partition coefficient (Wildman–Crippen LogP) is 3.50. The molecule has 0 spiro atoms. The van der Waals surface area contributed by atoms with Crippen molar-refractivity contribution in [2.24, 2.45) is 0 Å². The van der Waals surface area contributed by atoms with Gasteiger partial charge < -0.3 is 10.2 Å². The zero-order valence-electron chi connectivity index (χ0n) is 11.4. The summed E-state index contributed by atoms with van der Waals surface area (Å²) >= 11 is 3.35. The van der Waals surface area contributed by atoms with Crippen molar-refractivity contribution in [1.29, 1.82) is 0 Å². The molecule has 6 heteroatoms. The van der Waals surface area contributed by atoms with Crippen molar-refractivity contribution in [3.8, 4) is 0 Å². The maximum atomic E-state index is 10.6. The summed E-state index contributed by atoms with van der Waals surface area (Å²) in [7, 11) is 0. The highest BCUT2D eigenvalue weighted by molar-refractivity contribution is 9.10. The van der Waals surface area contributed by atoms with E-state index in [0.29, 0.717) is 0 Å². The summed E-state index contributed by atoms with van der Waals surface area (Å²) < 4.78 is 0.722. The number of rotatable bonds is 8. The molecule has 0 aliphatic rings. The van der Waals surface area contributed by atoms with Gasteiger partial charge >= 0.3 is 0 Å². The molecule has 0 atom stereocenters. The number of nitro benzene ring substituents is 1. The van der Waals surface area contributed by atoms with Gasteiger partial charge in [-0.15, -0.1) is 0 Å². The topological polar surface area (TPSA) is 58.4 Å². The molecule has 0 aliphatic carbocycles. The molecule has 0 heterocycles. The van der Waals surface area contributed by atoms with E-state index in [0.717, 1.165) is 42.8 Å². The lowest BCUT2D eigenvalue weighted by molar-refractivity contribution is -0.384. The van der Waals surface area contributed by atoms with Crippen LogP contribution in [0, 0.1) is 10.1 Å². The Hall–Kier alpha value is -1.14. The second-order valence-electron chi connectivity index (χ2n) is 4.28. The standard InChI is InChI=1S/C13H20BrN3O2/c1-3-8-16(4-2)9-7-15-13-6-5-11(17(18)19)10-12(13)14/h5-6,10,15H,3-4,7-9H2,1-2H3. The maximum Gasteiger partial charge on any atom is 0.270 e. The van der Waals surface area contributed by atoms with E-state index in [1.165, 1.54) is 12.1 Å². The molecule has 0 aromatic heterocycles. The molecule has 1 N–H and O–H groups in total. The Labute approximate surface area is 122 Å². The summed E-state index contributed by atoms with van der Waals surface area (Å²) in [6.07, 6.45) is 1.15. The number of nitrogens with one attached hydrogen (secondary N) is 1. The molecule has 5 nitrogen and oxygen atoms in total. The highest BCUT2D eigenvalue weighted by Gasteiger charge is 2.09. The molecule has 0 saturated carbocycles. The van der Waals surface area contributed by atoms with E-state index in [2.05, 4.69) is 40.0 Å². The normalized spacial score (nSPS) is 10.7. The summed E-state index contributed by atoms with van der Waals surface area (Å²) in [5.74, 6) is 0. The maximum absolute atomic E-state index is 10.6. The lowest BCUT2D eigenvalue weighted by Crippen LogP contribution is -2.29. The van der Waals surface area contributed by atoms with E-state index in [4.69, 9.17) is 0 Å².